The summed E-state index contributed by atoms with van der Waals surface area (Å²) in [6, 6.07) is 10.1. The van der Waals surface area contributed by atoms with Crippen LogP contribution in [0.25, 0.3) is 10.9 Å². The van der Waals surface area contributed by atoms with Crippen molar-refractivity contribution in [3.8, 4) is 0 Å². The van der Waals surface area contributed by atoms with Crippen molar-refractivity contribution in [1.29, 1.82) is 0 Å². The zero-order valence-corrected chi connectivity index (χ0v) is 16.5. The molecule has 1 aromatic carbocycles. The second kappa shape index (κ2) is 8.07. The molecule has 140 valence electrons. The number of pyridine rings is 1. The topological polar surface area (TPSA) is 45.2 Å². The number of hydrogen-bond donors (Lipinski definition) is 1. The average molecular weight is 354 g/mol. The number of para-hydroxylation sites is 1. The fraction of sp³-hybridized carbons (Fsp3) is 0.545. The van der Waals surface area contributed by atoms with E-state index in [0.717, 1.165) is 41.8 Å². The fourth-order valence-electron chi connectivity index (χ4n) is 3.98. The van der Waals surface area contributed by atoms with Crippen LogP contribution < -0.4 is 10.2 Å². The Balaban J connectivity index is 1.93. The molecule has 26 heavy (non-hydrogen) atoms. The van der Waals surface area contributed by atoms with Crippen LogP contribution in [0.3, 0.4) is 0 Å². The number of carbonyl (C=O) groups is 1. The average Bonchev–Trinajstić information content (AvgIpc) is 2.60. The Bertz CT molecular complexity index is 771. The van der Waals surface area contributed by atoms with Gasteiger partial charge in [0.25, 0.3) is 5.91 Å². The van der Waals surface area contributed by atoms with Crippen molar-refractivity contribution in [2.24, 2.45) is 11.8 Å². The Morgan fingerprint density at radius 3 is 2.81 bits per heavy atom. The van der Waals surface area contributed by atoms with Crippen LogP contribution in [0.2, 0.25) is 0 Å². The van der Waals surface area contributed by atoms with Crippen molar-refractivity contribution < 1.29 is 4.79 Å². The van der Waals surface area contributed by atoms with Gasteiger partial charge in [-0.05, 0) is 50.2 Å². The van der Waals surface area contributed by atoms with Crippen LogP contribution in [-0.4, -0.2) is 30.0 Å². The summed E-state index contributed by atoms with van der Waals surface area (Å²) in [5, 5.41) is 4.10. The third-order valence-electron chi connectivity index (χ3n) is 5.13. The van der Waals surface area contributed by atoms with Crippen LogP contribution in [0.4, 0.5) is 5.82 Å². The summed E-state index contributed by atoms with van der Waals surface area (Å²) in [6.45, 7) is 10.7. The summed E-state index contributed by atoms with van der Waals surface area (Å²) >= 11 is 0. The molecule has 0 radical (unpaired) electrons. The van der Waals surface area contributed by atoms with Crippen LogP contribution >= 0.6 is 0 Å². The van der Waals surface area contributed by atoms with E-state index in [2.05, 4.69) is 37.9 Å². The number of fused-ring (bicyclic) bond motifs is 1. The molecular formula is C22H31N3O. The maximum absolute atomic E-state index is 13.0. The van der Waals surface area contributed by atoms with Gasteiger partial charge < -0.3 is 10.2 Å². The Kier molecular flexibility index (Phi) is 5.80. The highest BCUT2D eigenvalue weighted by Gasteiger charge is 2.21. The number of rotatable bonds is 5. The third kappa shape index (κ3) is 4.35. The minimum atomic E-state index is 0.00283. The minimum absolute atomic E-state index is 0.00283. The SMILES string of the molecule is CC(C)C[C@H](C)NC(=O)c1cc(N2CCC[C@H](C)C2)nc2ccccc12. The first-order valence-electron chi connectivity index (χ1n) is 9.89. The lowest BCUT2D eigenvalue weighted by Gasteiger charge is -2.32. The number of aromatic nitrogens is 1. The van der Waals surface area contributed by atoms with Gasteiger partial charge in [0.05, 0.1) is 11.1 Å². The van der Waals surface area contributed by atoms with Gasteiger partial charge in [0.2, 0.25) is 0 Å². The van der Waals surface area contributed by atoms with Crippen molar-refractivity contribution in [1.82, 2.24) is 10.3 Å². The maximum Gasteiger partial charge on any atom is 0.252 e. The highest BCUT2D eigenvalue weighted by Crippen LogP contribution is 2.26. The molecular weight excluding hydrogens is 322 g/mol. The molecule has 1 aliphatic heterocycles. The molecule has 2 atom stereocenters. The highest BCUT2D eigenvalue weighted by molar-refractivity contribution is 6.07. The molecule has 0 saturated carbocycles. The normalized spacial score (nSPS) is 19.0. The molecule has 3 rings (SSSR count). The lowest BCUT2D eigenvalue weighted by atomic mass is 10.00. The molecule has 1 N–H and O–H groups in total. The summed E-state index contributed by atoms with van der Waals surface area (Å²) in [6.07, 6.45) is 3.43. The van der Waals surface area contributed by atoms with Crippen LogP contribution in [0, 0.1) is 11.8 Å². The van der Waals surface area contributed by atoms with Gasteiger partial charge >= 0.3 is 0 Å². The summed E-state index contributed by atoms with van der Waals surface area (Å²) in [7, 11) is 0. The van der Waals surface area contributed by atoms with Crippen LogP contribution in [0.5, 0.6) is 0 Å². The van der Waals surface area contributed by atoms with E-state index in [9.17, 15) is 4.79 Å². The first-order chi connectivity index (χ1) is 12.4. The van der Waals surface area contributed by atoms with Crippen molar-refractivity contribution in [3.63, 3.8) is 0 Å². The molecule has 2 heterocycles. The Morgan fingerprint density at radius 1 is 1.31 bits per heavy atom. The van der Waals surface area contributed by atoms with Gasteiger partial charge in [0, 0.05) is 24.5 Å². The van der Waals surface area contributed by atoms with E-state index in [1.54, 1.807) is 0 Å². The Morgan fingerprint density at radius 2 is 2.08 bits per heavy atom. The number of amides is 1. The molecule has 1 saturated heterocycles. The quantitative estimate of drug-likeness (QED) is 0.852. The van der Waals surface area contributed by atoms with Gasteiger partial charge in [-0.2, -0.15) is 0 Å². The molecule has 1 aromatic heterocycles. The summed E-state index contributed by atoms with van der Waals surface area (Å²) in [4.78, 5) is 20.2. The van der Waals surface area contributed by atoms with E-state index < -0.39 is 0 Å². The number of anilines is 1. The molecule has 2 aromatic rings. The second-order valence-corrected chi connectivity index (χ2v) is 8.24. The summed E-state index contributed by atoms with van der Waals surface area (Å²) in [5.41, 5.74) is 1.63. The minimum Gasteiger partial charge on any atom is -0.356 e. The monoisotopic (exact) mass is 353 g/mol. The third-order valence-corrected chi connectivity index (χ3v) is 5.13. The molecule has 1 fully saturated rings. The number of nitrogens with one attached hydrogen (secondary N) is 1. The Labute approximate surface area is 157 Å². The number of carbonyl (C=O) groups excluding carboxylic acids is 1. The van der Waals surface area contributed by atoms with E-state index in [1.165, 1.54) is 12.8 Å². The first kappa shape index (κ1) is 18.7. The number of benzene rings is 1. The second-order valence-electron chi connectivity index (χ2n) is 8.24. The number of nitrogens with zero attached hydrogens (tertiary/aromatic N) is 2. The molecule has 0 unspecified atom stereocenters. The van der Waals surface area contributed by atoms with Crippen LogP contribution in [0.15, 0.2) is 30.3 Å². The van der Waals surface area contributed by atoms with Crippen molar-refractivity contribution >= 4 is 22.6 Å². The van der Waals surface area contributed by atoms with Gasteiger partial charge in [-0.3, -0.25) is 4.79 Å². The molecule has 1 amide bonds. The van der Waals surface area contributed by atoms with E-state index in [1.807, 2.05) is 30.3 Å². The lowest BCUT2D eigenvalue weighted by molar-refractivity contribution is 0.0937. The molecule has 0 bridgehead atoms. The van der Waals surface area contributed by atoms with Gasteiger partial charge in [-0.25, -0.2) is 4.98 Å². The summed E-state index contributed by atoms with van der Waals surface area (Å²) in [5.74, 6) is 2.16. The smallest absolute Gasteiger partial charge is 0.252 e. The highest BCUT2D eigenvalue weighted by atomic mass is 16.1. The molecule has 1 aliphatic rings. The number of piperidine rings is 1. The predicted octanol–water partition coefficient (Wildman–Crippen LogP) is 4.64. The van der Waals surface area contributed by atoms with Gasteiger partial charge in [0.15, 0.2) is 0 Å². The Hall–Kier alpha value is -2.10. The fourth-order valence-corrected chi connectivity index (χ4v) is 3.98. The van der Waals surface area contributed by atoms with Gasteiger partial charge in [-0.1, -0.05) is 39.0 Å². The van der Waals surface area contributed by atoms with Gasteiger partial charge in [-0.15, -0.1) is 0 Å². The number of hydrogen-bond acceptors (Lipinski definition) is 3. The van der Waals surface area contributed by atoms with E-state index in [-0.39, 0.29) is 11.9 Å². The summed E-state index contributed by atoms with van der Waals surface area (Å²) < 4.78 is 0. The zero-order chi connectivity index (χ0) is 18.7. The maximum atomic E-state index is 13.0. The van der Waals surface area contributed by atoms with E-state index in [0.29, 0.717) is 11.8 Å². The first-order valence-corrected chi connectivity index (χ1v) is 9.89. The molecule has 4 nitrogen and oxygen atoms in total. The van der Waals surface area contributed by atoms with Crippen molar-refractivity contribution in [3.05, 3.63) is 35.9 Å². The molecule has 4 heteroatoms. The van der Waals surface area contributed by atoms with Crippen molar-refractivity contribution in [2.75, 3.05) is 18.0 Å². The van der Waals surface area contributed by atoms with E-state index >= 15 is 0 Å². The molecule has 0 spiro atoms. The molecule has 0 aliphatic carbocycles. The largest absolute Gasteiger partial charge is 0.356 e. The standard InChI is InChI=1S/C22H31N3O/c1-15(2)12-17(4)23-22(26)19-13-21(25-11-7-8-16(3)14-25)24-20-10-6-5-9-18(19)20/h5-6,9-10,13,15-17H,7-8,11-12,14H2,1-4H3,(H,23,26)/t16-,17-/m0/s1. The van der Waals surface area contributed by atoms with E-state index in [4.69, 9.17) is 4.98 Å². The van der Waals surface area contributed by atoms with Crippen molar-refractivity contribution in [2.45, 2.75) is 53.0 Å². The zero-order valence-electron chi connectivity index (χ0n) is 16.5. The predicted molar refractivity (Wildman–Crippen MR) is 109 cm³/mol. The van der Waals surface area contributed by atoms with Crippen LogP contribution in [-0.2, 0) is 0 Å². The lowest BCUT2D eigenvalue weighted by Crippen LogP contribution is -2.36. The van der Waals surface area contributed by atoms with Crippen LogP contribution in [0.1, 0.15) is 57.3 Å². The van der Waals surface area contributed by atoms with Gasteiger partial charge in [0.1, 0.15) is 5.82 Å².